The van der Waals surface area contributed by atoms with Crippen molar-refractivity contribution in [3.8, 4) is 11.4 Å². The zero-order valence-electron chi connectivity index (χ0n) is 17.5. The molecule has 4 rings (SSSR count). The van der Waals surface area contributed by atoms with E-state index < -0.39 is 5.69 Å². The fraction of sp³-hybridized carbons (Fsp3) is 0.208. The molecule has 6 heteroatoms. The minimum Gasteiger partial charge on any atom is -0.495 e. The first kappa shape index (κ1) is 19.6. The summed E-state index contributed by atoms with van der Waals surface area (Å²) in [5, 5.41) is 0.430. The van der Waals surface area contributed by atoms with Crippen LogP contribution in [0, 0.1) is 20.8 Å². The molecule has 152 valence electrons. The molecule has 2 aromatic heterocycles. The largest absolute Gasteiger partial charge is 0.495 e. The van der Waals surface area contributed by atoms with Crippen LogP contribution in [0.4, 0.5) is 0 Å². The highest BCUT2D eigenvalue weighted by molar-refractivity contribution is 5.80. The maximum atomic E-state index is 13.6. The summed E-state index contributed by atoms with van der Waals surface area (Å²) in [6.07, 6.45) is 0. The summed E-state index contributed by atoms with van der Waals surface area (Å²) in [5.74, 6) is 0.531. The number of benzene rings is 2. The van der Waals surface area contributed by atoms with Gasteiger partial charge in [-0.1, -0.05) is 36.4 Å². The van der Waals surface area contributed by atoms with Gasteiger partial charge in [0.2, 0.25) is 0 Å². The Bertz CT molecular complexity index is 1380. The standard InChI is InChI=1S/C24H23N3O3/c1-15-9-5-6-10-18(15)14-26-23(28)21-16(2)13-17(3)25-22(21)27(24(26)29)19-11-7-8-12-20(19)30-4/h5-13H,14H2,1-4H3. The lowest BCUT2D eigenvalue weighted by atomic mass is 10.1. The van der Waals surface area contributed by atoms with Crippen molar-refractivity contribution in [2.24, 2.45) is 0 Å². The molecule has 2 aromatic carbocycles. The summed E-state index contributed by atoms with van der Waals surface area (Å²) < 4.78 is 8.26. The van der Waals surface area contributed by atoms with Crippen LogP contribution in [0.3, 0.4) is 0 Å². The molecule has 4 aromatic rings. The monoisotopic (exact) mass is 401 g/mol. The number of rotatable bonds is 4. The first-order valence-electron chi connectivity index (χ1n) is 9.74. The summed E-state index contributed by atoms with van der Waals surface area (Å²) in [7, 11) is 1.55. The Balaban J connectivity index is 2.14. The van der Waals surface area contributed by atoms with Crippen molar-refractivity contribution in [1.82, 2.24) is 14.1 Å². The maximum absolute atomic E-state index is 13.6. The molecule has 0 spiro atoms. The minimum atomic E-state index is -0.447. The van der Waals surface area contributed by atoms with Crippen LogP contribution in [-0.2, 0) is 6.54 Å². The third-order valence-corrected chi connectivity index (χ3v) is 5.33. The highest BCUT2D eigenvalue weighted by Crippen LogP contribution is 2.24. The SMILES string of the molecule is COc1ccccc1-n1c(=O)n(Cc2ccccc2C)c(=O)c2c(C)cc(C)nc21. The molecular weight excluding hydrogens is 378 g/mol. The molecule has 0 aliphatic rings. The zero-order valence-corrected chi connectivity index (χ0v) is 17.5. The van der Waals surface area contributed by atoms with Crippen LogP contribution in [0.2, 0.25) is 0 Å². The van der Waals surface area contributed by atoms with Crippen molar-refractivity contribution < 1.29 is 4.74 Å². The Labute approximate surface area is 174 Å². The first-order chi connectivity index (χ1) is 14.4. The summed E-state index contributed by atoms with van der Waals surface area (Å²) in [4.78, 5) is 31.6. The van der Waals surface area contributed by atoms with Crippen LogP contribution in [0.15, 0.2) is 64.2 Å². The van der Waals surface area contributed by atoms with E-state index in [1.54, 1.807) is 19.2 Å². The summed E-state index contributed by atoms with van der Waals surface area (Å²) in [6.45, 7) is 5.87. The number of pyridine rings is 1. The van der Waals surface area contributed by atoms with Gasteiger partial charge >= 0.3 is 5.69 Å². The molecule has 0 saturated heterocycles. The molecule has 0 aliphatic carbocycles. The Hall–Kier alpha value is -3.67. The van der Waals surface area contributed by atoms with Gasteiger partial charge in [-0.25, -0.2) is 14.3 Å². The second kappa shape index (κ2) is 7.63. The van der Waals surface area contributed by atoms with Gasteiger partial charge in [-0.15, -0.1) is 0 Å². The number of aryl methyl sites for hydroxylation is 3. The molecule has 0 bridgehead atoms. The number of aromatic nitrogens is 3. The molecule has 0 atom stereocenters. The second-order valence-corrected chi connectivity index (χ2v) is 7.39. The maximum Gasteiger partial charge on any atom is 0.337 e. The highest BCUT2D eigenvalue weighted by atomic mass is 16.5. The molecule has 0 aliphatic heterocycles. The molecule has 6 nitrogen and oxygen atoms in total. The lowest BCUT2D eigenvalue weighted by Crippen LogP contribution is -2.40. The average Bonchev–Trinajstić information content (AvgIpc) is 2.72. The Morgan fingerprint density at radius 2 is 1.63 bits per heavy atom. The number of hydrogen-bond acceptors (Lipinski definition) is 4. The number of methoxy groups -OCH3 is 1. The van der Waals surface area contributed by atoms with Gasteiger partial charge in [-0.3, -0.25) is 9.36 Å². The van der Waals surface area contributed by atoms with Gasteiger partial charge in [0.25, 0.3) is 5.56 Å². The number of hydrogen-bond donors (Lipinski definition) is 0. The molecule has 0 unspecified atom stereocenters. The minimum absolute atomic E-state index is 0.183. The van der Waals surface area contributed by atoms with Crippen LogP contribution < -0.4 is 16.0 Å². The lowest BCUT2D eigenvalue weighted by molar-refractivity contribution is 0.412. The predicted molar refractivity (Wildman–Crippen MR) is 118 cm³/mol. The van der Waals surface area contributed by atoms with Crippen molar-refractivity contribution in [2.45, 2.75) is 27.3 Å². The van der Waals surface area contributed by atoms with Gasteiger partial charge < -0.3 is 4.74 Å². The van der Waals surface area contributed by atoms with Gasteiger partial charge in [-0.2, -0.15) is 0 Å². The molecule has 0 amide bonds. The number of para-hydroxylation sites is 2. The molecule has 0 radical (unpaired) electrons. The number of nitrogens with zero attached hydrogens (tertiary/aromatic N) is 3. The smallest absolute Gasteiger partial charge is 0.337 e. The van der Waals surface area contributed by atoms with Crippen molar-refractivity contribution in [3.63, 3.8) is 0 Å². The lowest BCUT2D eigenvalue weighted by Gasteiger charge is -2.17. The van der Waals surface area contributed by atoms with E-state index in [4.69, 9.17) is 4.74 Å². The Kier molecular flexibility index (Phi) is 4.99. The summed E-state index contributed by atoms with van der Waals surface area (Å²) in [6, 6.07) is 16.8. The van der Waals surface area contributed by atoms with Gasteiger partial charge in [0.15, 0.2) is 5.65 Å². The van der Waals surface area contributed by atoms with Crippen LogP contribution in [0.25, 0.3) is 16.7 Å². The van der Waals surface area contributed by atoms with Gasteiger partial charge in [-0.05, 0) is 55.7 Å². The van der Waals surface area contributed by atoms with Gasteiger partial charge in [0, 0.05) is 5.69 Å². The van der Waals surface area contributed by atoms with Crippen molar-refractivity contribution in [3.05, 3.63) is 97.8 Å². The molecule has 2 heterocycles. The normalized spacial score (nSPS) is 11.1. The van der Waals surface area contributed by atoms with E-state index in [-0.39, 0.29) is 12.1 Å². The average molecular weight is 401 g/mol. The molecule has 30 heavy (non-hydrogen) atoms. The summed E-state index contributed by atoms with van der Waals surface area (Å²) >= 11 is 0. The highest BCUT2D eigenvalue weighted by Gasteiger charge is 2.20. The first-order valence-corrected chi connectivity index (χ1v) is 9.74. The third-order valence-electron chi connectivity index (χ3n) is 5.33. The topological polar surface area (TPSA) is 66.1 Å². The molecule has 0 fully saturated rings. The quantitative estimate of drug-likeness (QED) is 0.525. The number of fused-ring (bicyclic) bond motifs is 1. The van der Waals surface area contributed by atoms with Crippen LogP contribution in [0.5, 0.6) is 5.75 Å². The third kappa shape index (κ3) is 3.20. The molecular formula is C24H23N3O3. The van der Waals surface area contributed by atoms with Crippen molar-refractivity contribution >= 4 is 11.0 Å². The van der Waals surface area contributed by atoms with Crippen molar-refractivity contribution in [2.75, 3.05) is 7.11 Å². The Morgan fingerprint density at radius 1 is 0.933 bits per heavy atom. The van der Waals surface area contributed by atoms with E-state index in [0.29, 0.717) is 22.5 Å². The summed E-state index contributed by atoms with van der Waals surface area (Å²) in [5.41, 5.74) is 3.56. The van der Waals surface area contributed by atoms with Crippen LogP contribution >= 0.6 is 0 Å². The van der Waals surface area contributed by atoms with E-state index in [0.717, 1.165) is 22.4 Å². The van der Waals surface area contributed by atoms with E-state index in [9.17, 15) is 9.59 Å². The van der Waals surface area contributed by atoms with E-state index in [1.165, 1.54) is 9.13 Å². The van der Waals surface area contributed by atoms with Gasteiger partial charge in [0.1, 0.15) is 5.75 Å². The van der Waals surface area contributed by atoms with Crippen LogP contribution in [0.1, 0.15) is 22.4 Å². The van der Waals surface area contributed by atoms with E-state index >= 15 is 0 Å². The fourth-order valence-electron chi connectivity index (χ4n) is 3.81. The van der Waals surface area contributed by atoms with Gasteiger partial charge in [0.05, 0.1) is 24.7 Å². The van der Waals surface area contributed by atoms with Crippen LogP contribution in [-0.4, -0.2) is 21.2 Å². The number of ether oxygens (including phenoxy) is 1. The Morgan fingerprint density at radius 3 is 2.37 bits per heavy atom. The molecule has 0 N–H and O–H groups in total. The molecule has 0 saturated carbocycles. The van der Waals surface area contributed by atoms with E-state index in [1.807, 2.05) is 63.2 Å². The second-order valence-electron chi connectivity index (χ2n) is 7.39. The van der Waals surface area contributed by atoms with E-state index in [2.05, 4.69) is 4.98 Å². The zero-order chi connectivity index (χ0) is 21.4. The fourth-order valence-corrected chi connectivity index (χ4v) is 3.81. The van der Waals surface area contributed by atoms with Crippen molar-refractivity contribution in [1.29, 1.82) is 0 Å². The predicted octanol–water partition coefficient (Wildman–Crippen LogP) is 3.53.